The van der Waals surface area contributed by atoms with Crippen LogP contribution in [0, 0.1) is 18.6 Å². The summed E-state index contributed by atoms with van der Waals surface area (Å²) in [6.45, 7) is 1.73. The molecule has 1 aromatic heterocycles. The standard InChI is InChI=1S/C15H15F2N3O3S/c1-9-6-14(19-20(9)11-4-5-24(22,23)8-11)15(21)18-10-2-3-12(16)13(17)7-10/h2-3,6-7,11H,4-5,8H2,1H3,(H,18,21). The summed E-state index contributed by atoms with van der Waals surface area (Å²) < 4.78 is 50.8. The summed E-state index contributed by atoms with van der Waals surface area (Å²) in [6.07, 6.45) is 0.453. The highest BCUT2D eigenvalue weighted by molar-refractivity contribution is 7.91. The lowest BCUT2D eigenvalue weighted by molar-refractivity contribution is 0.102. The summed E-state index contributed by atoms with van der Waals surface area (Å²) in [5, 5.41) is 6.60. The number of rotatable bonds is 3. The molecule has 1 aliphatic heterocycles. The Hall–Kier alpha value is -2.29. The van der Waals surface area contributed by atoms with Crippen LogP contribution < -0.4 is 5.32 Å². The molecular formula is C15H15F2N3O3S. The van der Waals surface area contributed by atoms with Crippen molar-refractivity contribution in [3.05, 3.63) is 47.3 Å². The molecular weight excluding hydrogens is 340 g/mol. The molecule has 0 saturated carbocycles. The number of carbonyl (C=O) groups is 1. The smallest absolute Gasteiger partial charge is 0.276 e. The molecule has 1 N–H and O–H groups in total. The molecule has 2 aromatic rings. The van der Waals surface area contributed by atoms with Crippen molar-refractivity contribution in [1.82, 2.24) is 9.78 Å². The topological polar surface area (TPSA) is 81.1 Å². The highest BCUT2D eigenvalue weighted by Crippen LogP contribution is 2.25. The zero-order valence-corrected chi connectivity index (χ0v) is 13.6. The van der Waals surface area contributed by atoms with Crippen LogP contribution in [0.2, 0.25) is 0 Å². The van der Waals surface area contributed by atoms with Crippen LogP contribution in [0.3, 0.4) is 0 Å². The van der Waals surface area contributed by atoms with Crippen LogP contribution in [0.4, 0.5) is 14.5 Å². The molecule has 6 nitrogen and oxygen atoms in total. The normalized spacial score (nSPS) is 19.4. The minimum Gasteiger partial charge on any atom is -0.320 e. The van der Waals surface area contributed by atoms with Crippen LogP contribution in [0.25, 0.3) is 0 Å². The molecule has 1 aliphatic rings. The third kappa shape index (κ3) is 3.30. The molecule has 1 unspecified atom stereocenters. The molecule has 9 heteroatoms. The van der Waals surface area contributed by atoms with Gasteiger partial charge in [0.25, 0.3) is 5.91 Å². The summed E-state index contributed by atoms with van der Waals surface area (Å²) in [5.74, 6) is -2.54. The van der Waals surface area contributed by atoms with Gasteiger partial charge in [-0.3, -0.25) is 9.48 Å². The Morgan fingerprint density at radius 1 is 1.29 bits per heavy atom. The Kier molecular flexibility index (Phi) is 4.12. The van der Waals surface area contributed by atoms with Crippen molar-refractivity contribution in [1.29, 1.82) is 0 Å². The lowest BCUT2D eigenvalue weighted by Gasteiger charge is -2.10. The highest BCUT2D eigenvalue weighted by Gasteiger charge is 2.31. The van der Waals surface area contributed by atoms with Gasteiger partial charge in [0.1, 0.15) is 0 Å². The quantitative estimate of drug-likeness (QED) is 0.914. The number of nitrogens with one attached hydrogen (secondary N) is 1. The Labute approximate surface area is 137 Å². The van der Waals surface area contributed by atoms with Gasteiger partial charge in [0.05, 0.1) is 17.5 Å². The fourth-order valence-electron chi connectivity index (χ4n) is 2.71. The van der Waals surface area contributed by atoms with Crippen LogP contribution in [0.5, 0.6) is 0 Å². The van der Waals surface area contributed by atoms with Crippen molar-refractivity contribution in [3.63, 3.8) is 0 Å². The molecule has 1 saturated heterocycles. The van der Waals surface area contributed by atoms with E-state index in [0.717, 1.165) is 12.1 Å². The van der Waals surface area contributed by atoms with Gasteiger partial charge in [-0.15, -0.1) is 0 Å². The lowest BCUT2D eigenvalue weighted by atomic mass is 10.2. The van der Waals surface area contributed by atoms with Crippen LogP contribution >= 0.6 is 0 Å². The maximum Gasteiger partial charge on any atom is 0.276 e. The molecule has 128 valence electrons. The largest absolute Gasteiger partial charge is 0.320 e. The molecule has 1 atom stereocenters. The first-order valence-electron chi connectivity index (χ1n) is 7.28. The van der Waals surface area contributed by atoms with E-state index in [-0.39, 0.29) is 28.9 Å². The number of benzene rings is 1. The third-order valence-electron chi connectivity index (χ3n) is 3.89. The second-order valence-corrected chi connectivity index (χ2v) is 7.98. The van der Waals surface area contributed by atoms with Crippen molar-refractivity contribution in [2.75, 3.05) is 16.8 Å². The molecule has 1 aromatic carbocycles. The van der Waals surface area contributed by atoms with Crippen molar-refractivity contribution in [2.24, 2.45) is 0 Å². The number of carbonyl (C=O) groups excluding carboxylic acids is 1. The number of anilines is 1. The maximum atomic E-state index is 13.2. The number of aryl methyl sites for hydroxylation is 1. The van der Waals surface area contributed by atoms with Crippen LogP contribution in [0.15, 0.2) is 24.3 Å². The Morgan fingerprint density at radius 2 is 2.04 bits per heavy atom. The second-order valence-electron chi connectivity index (χ2n) is 5.76. The molecule has 2 heterocycles. The minimum atomic E-state index is -3.07. The fraction of sp³-hybridized carbons (Fsp3) is 0.333. The number of hydrogen-bond donors (Lipinski definition) is 1. The van der Waals surface area contributed by atoms with Crippen LogP contribution in [0.1, 0.15) is 28.6 Å². The maximum absolute atomic E-state index is 13.2. The van der Waals surface area contributed by atoms with E-state index in [1.165, 1.54) is 16.8 Å². The van der Waals surface area contributed by atoms with Gasteiger partial charge in [-0.05, 0) is 31.5 Å². The highest BCUT2D eigenvalue weighted by atomic mass is 32.2. The summed E-state index contributed by atoms with van der Waals surface area (Å²) in [5.41, 5.74) is 0.851. The second kappa shape index (κ2) is 5.97. The van der Waals surface area contributed by atoms with Gasteiger partial charge in [0, 0.05) is 17.4 Å². The number of amides is 1. The first-order chi connectivity index (χ1) is 11.2. The molecule has 1 amide bonds. The first-order valence-corrected chi connectivity index (χ1v) is 9.10. The average molecular weight is 355 g/mol. The van der Waals surface area contributed by atoms with Gasteiger partial charge < -0.3 is 5.32 Å². The minimum absolute atomic E-state index is 0.000246. The summed E-state index contributed by atoms with van der Waals surface area (Å²) in [4.78, 5) is 12.2. The van der Waals surface area contributed by atoms with E-state index in [1.54, 1.807) is 6.92 Å². The number of halogens is 2. The average Bonchev–Trinajstić information content (AvgIpc) is 3.05. The van der Waals surface area contributed by atoms with E-state index >= 15 is 0 Å². The Bertz CT molecular complexity index is 909. The zero-order chi connectivity index (χ0) is 17.5. The lowest BCUT2D eigenvalue weighted by Crippen LogP contribution is -2.16. The van der Waals surface area contributed by atoms with E-state index in [0.29, 0.717) is 12.1 Å². The van der Waals surface area contributed by atoms with Gasteiger partial charge in [0.2, 0.25) is 0 Å². The third-order valence-corrected chi connectivity index (χ3v) is 5.64. The van der Waals surface area contributed by atoms with Gasteiger partial charge in [-0.25, -0.2) is 17.2 Å². The van der Waals surface area contributed by atoms with E-state index < -0.39 is 27.4 Å². The molecule has 0 bridgehead atoms. The van der Waals surface area contributed by atoms with Gasteiger partial charge in [-0.1, -0.05) is 0 Å². The van der Waals surface area contributed by atoms with Crippen LogP contribution in [-0.4, -0.2) is 35.6 Å². The summed E-state index contributed by atoms with van der Waals surface area (Å²) >= 11 is 0. The Morgan fingerprint density at radius 3 is 2.67 bits per heavy atom. The number of aromatic nitrogens is 2. The number of sulfone groups is 1. The monoisotopic (exact) mass is 355 g/mol. The first kappa shape index (κ1) is 16.6. The van der Waals surface area contributed by atoms with Gasteiger partial charge in [-0.2, -0.15) is 5.10 Å². The zero-order valence-electron chi connectivity index (χ0n) is 12.8. The van der Waals surface area contributed by atoms with Crippen molar-refractivity contribution in [3.8, 4) is 0 Å². The van der Waals surface area contributed by atoms with Crippen molar-refractivity contribution in [2.45, 2.75) is 19.4 Å². The molecule has 1 fully saturated rings. The SMILES string of the molecule is Cc1cc(C(=O)Nc2ccc(F)c(F)c2)nn1C1CCS(=O)(=O)C1. The number of hydrogen-bond acceptors (Lipinski definition) is 4. The van der Waals surface area contributed by atoms with E-state index in [9.17, 15) is 22.0 Å². The van der Waals surface area contributed by atoms with E-state index in [1.807, 2.05) is 0 Å². The molecule has 3 rings (SSSR count). The predicted octanol–water partition coefficient (Wildman–Crippen LogP) is 2.08. The number of nitrogens with zero attached hydrogens (tertiary/aromatic N) is 2. The predicted molar refractivity (Wildman–Crippen MR) is 83.6 cm³/mol. The Balaban J connectivity index is 1.79. The fourth-order valence-corrected chi connectivity index (χ4v) is 4.40. The van der Waals surface area contributed by atoms with E-state index in [4.69, 9.17) is 0 Å². The molecule has 0 spiro atoms. The van der Waals surface area contributed by atoms with Crippen molar-refractivity contribution >= 4 is 21.4 Å². The van der Waals surface area contributed by atoms with Gasteiger partial charge in [0.15, 0.2) is 27.2 Å². The van der Waals surface area contributed by atoms with E-state index in [2.05, 4.69) is 10.4 Å². The van der Waals surface area contributed by atoms with Crippen molar-refractivity contribution < 1.29 is 22.0 Å². The van der Waals surface area contributed by atoms with Gasteiger partial charge >= 0.3 is 0 Å². The summed E-state index contributed by atoms with van der Waals surface area (Å²) in [7, 11) is -3.07. The summed E-state index contributed by atoms with van der Waals surface area (Å²) in [6, 6.07) is 4.27. The molecule has 0 aliphatic carbocycles. The molecule has 0 radical (unpaired) electrons. The van der Waals surface area contributed by atoms with Crippen LogP contribution in [-0.2, 0) is 9.84 Å². The molecule has 24 heavy (non-hydrogen) atoms.